The Morgan fingerprint density at radius 1 is 1.33 bits per heavy atom. The number of aryl methyl sites for hydroxylation is 1. The Kier molecular flexibility index (Phi) is 3.53. The summed E-state index contributed by atoms with van der Waals surface area (Å²) in [7, 11) is 1.61. The summed E-state index contributed by atoms with van der Waals surface area (Å²) in [5.41, 5.74) is 7.74. The van der Waals surface area contributed by atoms with E-state index in [1.54, 1.807) is 7.11 Å². The molecule has 1 heterocycles. The van der Waals surface area contributed by atoms with Crippen molar-refractivity contribution in [2.75, 3.05) is 7.11 Å². The summed E-state index contributed by atoms with van der Waals surface area (Å²) in [6.45, 7) is 3.80. The summed E-state index contributed by atoms with van der Waals surface area (Å²) in [6.07, 6.45) is 0. The Morgan fingerprint density at radius 3 is 2.61 bits per heavy atom. The van der Waals surface area contributed by atoms with Crippen LogP contribution in [0, 0.1) is 6.92 Å². The Hall–Kier alpha value is -2.01. The molecule has 0 aliphatic rings. The third-order valence-corrected chi connectivity index (χ3v) is 2.60. The highest BCUT2D eigenvalue weighted by Gasteiger charge is 2.15. The van der Waals surface area contributed by atoms with Crippen molar-refractivity contribution in [2.24, 2.45) is 5.73 Å². The van der Waals surface area contributed by atoms with E-state index < -0.39 is 0 Å². The smallest absolute Gasteiger partial charge is 0.238 e. The van der Waals surface area contributed by atoms with Crippen LogP contribution in [-0.4, -0.2) is 17.3 Å². The van der Waals surface area contributed by atoms with Crippen LogP contribution < -0.4 is 15.2 Å². The Bertz CT molecular complexity index is 535. The molecule has 0 bridgehead atoms. The van der Waals surface area contributed by atoms with Crippen LogP contribution in [0.3, 0.4) is 0 Å². The number of nitrogens with zero attached hydrogens (tertiary/aromatic N) is 1. The van der Waals surface area contributed by atoms with Crippen molar-refractivity contribution in [3.05, 3.63) is 35.5 Å². The van der Waals surface area contributed by atoms with Crippen LogP contribution in [0.1, 0.15) is 24.2 Å². The lowest BCUT2D eigenvalue weighted by Gasteiger charge is -2.15. The Labute approximate surface area is 106 Å². The van der Waals surface area contributed by atoms with Crippen LogP contribution in [0.4, 0.5) is 0 Å². The van der Waals surface area contributed by atoms with Crippen molar-refractivity contribution >= 4 is 0 Å². The first-order valence-corrected chi connectivity index (χ1v) is 5.74. The van der Waals surface area contributed by atoms with Crippen molar-refractivity contribution in [1.82, 2.24) is 10.2 Å². The van der Waals surface area contributed by atoms with Gasteiger partial charge in [0.05, 0.1) is 12.7 Å². The Morgan fingerprint density at radius 2 is 2.06 bits per heavy atom. The summed E-state index contributed by atoms with van der Waals surface area (Å²) in [5.74, 6) is 1.90. The summed E-state index contributed by atoms with van der Waals surface area (Å²) in [5, 5.41) is 6.87. The number of nitrogens with one attached hydrogen (secondary N) is 1. The van der Waals surface area contributed by atoms with Gasteiger partial charge in [0.25, 0.3) is 0 Å². The molecule has 0 saturated carbocycles. The molecule has 18 heavy (non-hydrogen) atoms. The predicted molar refractivity (Wildman–Crippen MR) is 69.0 cm³/mol. The first-order chi connectivity index (χ1) is 8.61. The zero-order valence-electron chi connectivity index (χ0n) is 10.7. The maximum atomic E-state index is 5.96. The molecule has 0 aliphatic carbocycles. The third-order valence-electron chi connectivity index (χ3n) is 2.60. The van der Waals surface area contributed by atoms with Gasteiger partial charge in [-0.25, -0.2) is 0 Å². The van der Waals surface area contributed by atoms with Gasteiger partial charge in [0, 0.05) is 17.8 Å². The quantitative estimate of drug-likeness (QED) is 0.870. The highest BCUT2D eigenvalue weighted by molar-refractivity contribution is 5.47. The van der Waals surface area contributed by atoms with E-state index >= 15 is 0 Å². The molecule has 2 aromatic rings. The standard InChI is InChI=1S/C13H17N3O2/c1-8-7-12(16-15-8)18-11-6-4-5-10(17-3)13(11)9(2)14/h4-7,9H,14H2,1-3H3,(H,15,16). The molecule has 0 spiro atoms. The van der Waals surface area contributed by atoms with E-state index in [1.165, 1.54) is 0 Å². The number of hydrogen-bond acceptors (Lipinski definition) is 4. The zero-order valence-corrected chi connectivity index (χ0v) is 10.7. The van der Waals surface area contributed by atoms with E-state index in [0.29, 0.717) is 11.6 Å². The highest BCUT2D eigenvalue weighted by Crippen LogP contribution is 2.35. The lowest BCUT2D eigenvalue weighted by molar-refractivity contribution is 0.395. The molecule has 1 atom stereocenters. The van der Waals surface area contributed by atoms with Gasteiger partial charge in [0.15, 0.2) is 0 Å². The fraction of sp³-hybridized carbons (Fsp3) is 0.308. The average molecular weight is 247 g/mol. The topological polar surface area (TPSA) is 73.2 Å². The minimum absolute atomic E-state index is 0.184. The normalized spacial score (nSPS) is 12.2. The molecule has 1 aromatic heterocycles. The maximum Gasteiger partial charge on any atom is 0.238 e. The molecule has 1 aromatic carbocycles. The van der Waals surface area contributed by atoms with Crippen LogP contribution in [0.15, 0.2) is 24.3 Å². The monoisotopic (exact) mass is 247 g/mol. The SMILES string of the molecule is COc1cccc(Oc2cc(C)[nH]n2)c1C(C)N. The summed E-state index contributed by atoms with van der Waals surface area (Å²) < 4.78 is 11.0. The molecule has 0 fully saturated rings. The summed E-state index contributed by atoms with van der Waals surface area (Å²) >= 11 is 0. The average Bonchev–Trinajstić information content (AvgIpc) is 2.74. The number of ether oxygens (including phenoxy) is 2. The van der Waals surface area contributed by atoms with Crippen LogP contribution >= 0.6 is 0 Å². The molecule has 0 amide bonds. The summed E-state index contributed by atoms with van der Waals surface area (Å²) in [6, 6.07) is 7.22. The van der Waals surface area contributed by atoms with Gasteiger partial charge in [-0.1, -0.05) is 6.07 Å². The van der Waals surface area contributed by atoms with Crippen molar-refractivity contribution < 1.29 is 9.47 Å². The largest absolute Gasteiger partial charge is 0.496 e. The van der Waals surface area contributed by atoms with Crippen LogP contribution in [0.2, 0.25) is 0 Å². The predicted octanol–water partition coefficient (Wildman–Crippen LogP) is 2.54. The van der Waals surface area contributed by atoms with E-state index in [4.69, 9.17) is 15.2 Å². The van der Waals surface area contributed by atoms with Gasteiger partial charge in [-0.3, -0.25) is 5.10 Å². The lowest BCUT2D eigenvalue weighted by Crippen LogP contribution is -2.08. The molecule has 3 N–H and O–H groups in total. The van der Waals surface area contributed by atoms with Gasteiger partial charge >= 0.3 is 0 Å². The van der Waals surface area contributed by atoms with E-state index in [0.717, 1.165) is 17.0 Å². The number of aromatic nitrogens is 2. The second-order valence-electron chi connectivity index (χ2n) is 4.15. The number of methoxy groups -OCH3 is 1. The summed E-state index contributed by atoms with van der Waals surface area (Å²) in [4.78, 5) is 0. The van der Waals surface area contributed by atoms with Crippen LogP contribution in [-0.2, 0) is 0 Å². The number of hydrogen-bond donors (Lipinski definition) is 2. The minimum atomic E-state index is -0.184. The van der Waals surface area contributed by atoms with Crippen LogP contribution in [0.25, 0.3) is 0 Å². The third kappa shape index (κ3) is 2.46. The molecule has 0 radical (unpaired) electrons. The number of benzene rings is 1. The van der Waals surface area contributed by atoms with Gasteiger partial charge in [-0.15, -0.1) is 5.10 Å². The van der Waals surface area contributed by atoms with Crippen LogP contribution in [0.5, 0.6) is 17.4 Å². The lowest BCUT2D eigenvalue weighted by atomic mass is 10.1. The molecule has 0 aliphatic heterocycles. The molecule has 5 heteroatoms. The molecule has 0 saturated heterocycles. The number of nitrogens with two attached hydrogens (primary N) is 1. The molecular weight excluding hydrogens is 230 g/mol. The van der Waals surface area contributed by atoms with E-state index in [-0.39, 0.29) is 6.04 Å². The van der Waals surface area contributed by atoms with Crippen molar-refractivity contribution in [3.8, 4) is 17.4 Å². The Balaban J connectivity index is 2.37. The van der Waals surface area contributed by atoms with Crippen molar-refractivity contribution in [2.45, 2.75) is 19.9 Å². The van der Waals surface area contributed by atoms with Gasteiger partial charge in [0.1, 0.15) is 11.5 Å². The van der Waals surface area contributed by atoms with E-state index in [2.05, 4.69) is 10.2 Å². The molecular formula is C13H17N3O2. The van der Waals surface area contributed by atoms with E-state index in [1.807, 2.05) is 38.1 Å². The van der Waals surface area contributed by atoms with Crippen molar-refractivity contribution in [1.29, 1.82) is 0 Å². The molecule has 5 nitrogen and oxygen atoms in total. The molecule has 2 rings (SSSR count). The fourth-order valence-electron chi connectivity index (χ4n) is 1.80. The maximum absolute atomic E-state index is 5.96. The van der Waals surface area contributed by atoms with Crippen molar-refractivity contribution in [3.63, 3.8) is 0 Å². The second kappa shape index (κ2) is 5.10. The van der Waals surface area contributed by atoms with Gasteiger partial charge in [-0.05, 0) is 26.0 Å². The first kappa shape index (κ1) is 12.4. The van der Waals surface area contributed by atoms with Gasteiger partial charge in [0.2, 0.25) is 5.88 Å². The highest BCUT2D eigenvalue weighted by atomic mass is 16.5. The van der Waals surface area contributed by atoms with Gasteiger partial charge in [-0.2, -0.15) is 0 Å². The zero-order chi connectivity index (χ0) is 13.1. The number of rotatable bonds is 4. The van der Waals surface area contributed by atoms with E-state index in [9.17, 15) is 0 Å². The first-order valence-electron chi connectivity index (χ1n) is 5.74. The number of aromatic amines is 1. The fourth-order valence-corrected chi connectivity index (χ4v) is 1.80. The number of H-pyrrole nitrogens is 1. The second-order valence-corrected chi connectivity index (χ2v) is 4.15. The van der Waals surface area contributed by atoms with Gasteiger partial charge < -0.3 is 15.2 Å². The molecule has 96 valence electrons. The minimum Gasteiger partial charge on any atom is -0.496 e. The molecule has 1 unspecified atom stereocenters.